The third-order valence-electron chi connectivity index (χ3n) is 6.61. The molecule has 11 nitrogen and oxygen atoms in total. The number of nitrogens with two attached hydrogens (primary N) is 2. The van der Waals surface area contributed by atoms with E-state index in [-0.39, 0.29) is 63.6 Å². The van der Waals surface area contributed by atoms with Crippen molar-refractivity contribution in [3.05, 3.63) is 117 Å². The fourth-order valence-corrected chi connectivity index (χ4v) is 4.59. The van der Waals surface area contributed by atoms with Crippen molar-refractivity contribution in [2.75, 3.05) is 11.5 Å². The van der Waals surface area contributed by atoms with Crippen LogP contribution in [0.4, 0.5) is 33.7 Å². The number of benzene rings is 2. The molecular weight excluding hydrogens is 741 g/mol. The number of nitrogen functional groups attached to an aromatic ring is 2. The van der Waals surface area contributed by atoms with Gasteiger partial charge in [0.05, 0.1) is 33.9 Å². The molecule has 0 spiro atoms. The Kier molecular flexibility index (Phi) is 15.3. The molecule has 1 aliphatic rings. The minimum absolute atomic E-state index is 0.00407. The highest BCUT2D eigenvalue weighted by Gasteiger charge is 2.51. The number of hydrogen-bond acceptors (Lipinski definition) is 9. The molecule has 1 aliphatic heterocycles. The molecular formula is C33H28Cl3F4N7O4. The predicted molar refractivity (Wildman–Crippen MR) is 183 cm³/mol. The van der Waals surface area contributed by atoms with Crippen LogP contribution in [0, 0.1) is 34.6 Å². The van der Waals surface area contributed by atoms with E-state index in [1.165, 1.54) is 75.4 Å². The van der Waals surface area contributed by atoms with E-state index in [2.05, 4.69) is 9.97 Å². The van der Waals surface area contributed by atoms with Gasteiger partial charge in [0.2, 0.25) is 0 Å². The molecule has 18 heteroatoms. The molecule has 0 unspecified atom stereocenters. The van der Waals surface area contributed by atoms with Crippen LogP contribution in [0.1, 0.15) is 64.3 Å². The van der Waals surface area contributed by atoms with Crippen molar-refractivity contribution in [2.24, 2.45) is 0 Å². The van der Waals surface area contributed by atoms with Crippen LogP contribution in [0.25, 0.3) is 0 Å². The molecule has 1 fully saturated rings. The van der Waals surface area contributed by atoms with Gasteiger partial charge in [0.25, 0.3) is 5.91 Å². The van der Waals surface area contributed by atoms with Gasteiger partial charge in [-0.3, -0.25) is 14.4 Å². The van der Waals surface area contributed by atoms with Crippen molar-refractivity contribution in [2.45, 2.75) is 39.2 Å². The highest BCUT2D eigenvalue weighted by atomic mass is 35.5. The topological polar surface area (TPSA) is 176 Å². The average molecular weight is 769 g/mol. The van der Waals surface area contributed by atoms with Crippen LogP contribution < -0.4 is 11.5 Å². The average Bonchev–Trinajstić information content (AvgIpc) is 3.23. The third-order valence-corrected chi connectivity index (χ3v) is 7.87. The van der Waals surface area contributed by atoms with Crippen molar-refractivity contribution < 1.29 is 36.7 Å². The first kappa shape index (κ1) is 41.9. The number of urea groups is 1. The van der Waals surface area contributed by atoms with E-state index in [1.807, 2.05) is 0 Å². The molecule has 4 N–H and O–H groups in total. The monoisotopic (exact) mass is 767 g/mol. The molecule has 0 atom stereocenters. The summed E-state index contributed by atoms with van der Waals surface area (Å²) in [4.78, 5) is 51.1. The molecule has 268 valence electrons. The largest absolute Gasteiger partial charge is 0.396 e. The minimum Gasteiger partial charge on any atom is -0.396 e. The number of halogens is 7. The molecule has 5 rings (SSSR count). The second kappa shape index (κ2) is 18.6. The van der Waals surface area contributed by atoms with E-state index >= 15 is 0 Å². The zero-order valence-electron chi connectivity index (χ0n) is 26.9. The number of aldehydes is 2. The summed E-state index contributed by atoms with van der Waals surface area (Å²) < 4.78 is 54.3. The summed E-state index contributed by atoms with van der Waals surface area (Å²) in [6.45, 7) is 4.46. The van der Waals surface area contributed by atoms with Gasteiger partial charge in [-0.25, -0.2) is 36.7 Å². The quantitative estimate of drug-likeness (QED) is 0.0888. The number of pyridine rings is 2. The third kappa shape index (κ3) is 10.8. The van der Waals surface area contributed by atoms with Gasteiger partial charge in [-0.15, -0.1) is 0 Å². The summed E-state index contributed by atoms with van der Waals surface area (Å²) in [6, 6.07) is 13.4. The Morgan fingerprint density at radius 3 is 1.65 bits per heavy atom. The lowest BCUT2D eigenvalue weighted by molar-refractivity contribution is -0.127. The highest BCUT2D eigenvalue weighted by molar-refractivity contribution is 6.39. The van der Waals surface area contributed by atoms with Crippen LogP contribution in [0.2, 0.25) is 5.02 Å². The lowest BCUT2D eigenvalue weighted by Crippen LogP contribution is -2.38. The van der Waals surface area contributed by atoms with Crippen molar-refractivity contribution in [3.63, 3.8) is 0 Å². The van der Waals surface area contributed by atoms with Crippen LogP contribution in [0.15, 0.2) is 54.6 Å². The Balaban J connectivity index is 0.000000263. The second-order valence-corrected chi connectivity index (χ2v) is 11.7. The molecule has 2 aromatic carbocycles. The Morgan fingerprint density at radius 1 is 0.843 bits per heavy atom. The molecule has 3 heterocycles. The van der Waals surface area contributed by atoms with E-state index in [9.17, 15) is 36.7 Å². The summed E-state index contributed by atoms with van der Waals surface area (Å²) in [5.41, 5.74) is 10.8. The molecule has 51 heavy (non-hydrogen) atoms. The van der Waals surface area contributed by atoms with Crippen LogP contribution in [0.5, 0.6) is 0 Å². The summed E-state index contributed by atoms with van der Waals surface area (Å²) in [7, 11) is 0. The smallest absolute Gasteiger partial charge is 0.357 e. The normalized spacial score (nSPS) is 12.7. The summed E-state index contributed by atoms with van der Waals surface area (Å²) in [5.74, 6) is -2.68. The zero-order valence-corrected chi connectivity index (χ0v) is 29.2. The predicted octanol–water partition coefficient (Wildman–Crippen LogP) is 7.21. The fourth-order valence-electron chi connectivity index (χ4n) is 3.95. The van der Waals surface area contributed by atoms with Crippen LogP contribution >= 0.6 is 35.2 Å². The first-order chi connectivity index (χ1) is 23.9. The standard InChI is InChI=1S/C13H9ClF2N2O.C13H10F2N2O.C5H6Cl2N2O2.C2H3N/c14-11-10(6-19)18-9(12(16)13(11)17)5-7-1-3-8(15)4-2-7;14-9-3-1-8(2-4-9)5-12-13(15)11(16)6-10(7-18)17-12;1-5(2)3(10)8(6)4(11)9(5)7;1-2-3/h1-4,6H,5H2,(H2,17,18);1-4,6-7H,5H2,(H2,16,17);1-2H3;1H3. The van der Waals surface area contributed by atoms with Gasteiger partial charge < -0.3 is 11.5 Å². The lowest BCUT2D eigenvalue weighted by atomic mass is 10.1. The maximum Gasteiger partial charge on any atom is 0.357 e. The van der Waals surface area contributed by atoms with Crippen LogP contribution in [0.3, 0.4) is 0 Å². The second-order valence-electron chi connectivity index (χ2n) is 10.7. The fraction of sp³-hybridized carbons (Fsp3) is 0.182. The molecule has 1 saturated heterocycles. The highest BCUT2D eigenvalue weighted by Crippen LogP contribution is 2.30. The first-order valence-electron chi connectivity index (χ1n) is 14.2. The van der Waals surface area contributed by atoms with Gasteiger partial charge in [-0.2, -0.15) is 9.68 Å². The van der Waals surface area contributed by atoms with E-state index in [4.69, 9.17) is 51.9 Å². The molecule has 4 aromatic rings. The number of carbonyl (C=O) groups is 4. The lowest BCUT2D eigenvalue weighted by Gasteiger charge is -2.18. The Hall–Kier alpha value is -5.30. The maximum absolute atomic E-state index is 13.9. The number of aromatic nitrogens is 2. The number of nitriles is 1. The van der Waals surface area contributed by atoms with Gasteiger partial charge in [0.15, 0.2) is 24.2 Å². The first-order valence-corrected chi connectivity index (χ1v) is 15.3. The molecule has 0 radical (unpaired) electrons. The number of carbonyl (C=O) groups excluding carboxylic acids is 4. The summed E-state index contributed by atoms with van der Waals surface area (Å²) in [5, 5.41) is 7.12. The van der Waals surface area contributed by atoms with Gasteiger partial charge in [0.1, 0.15) is 28.6 Å². The van der Waals surface area contributed by atoms with Gasteiger partial charge in [-0.05, 0) is 55.3 Å². The SMILES string of the molecule is CC#N.CC1(C)C(=O)N(Cl)C(=O)N1Cl.Nc1c(F)c(Cc2ccc(F)cc2)nc(C=O)c1Cl.Nc1cc(C=O)nc(Cc2ccc(F)cc2)c1F. The molecule has 2 aromatic heterocycles. The van der Waals surface area contributed by atoms with Crippen molar-refractivity contribution >= 4 is 71.0 Å². The summed E-state index contributed by atoms with van der Waals surface area (Å²) >= 11 is 16.5. The summed E-state index contributed by atoms with van der Waals surface area (Å²) in [6.07, 6.45) is 1.16. The Morgan fingerprint density at radius 2 is 1.29 bits per heavy atom. The van der Waals surface area contributed by atoms with Crippen molar-refractivity contribution in [3.8, 4) is 6.07 Å². The molecule has 3 amide bonds. The maximum atomic E-state index is 13.9. The van der Waals surface area contributed by atoms with Crippen LogP contribution in [-0.2, 0) is 17.6 Å². The molecule has 0 saturated carbocycles. The number of nitrogens with zero attached hydrogens (tertiary/aromatic N) is 5. The number of amides is 3. The van der Waals surface area contributed by atoms with Crippen molar-refractivity contribution in [1.29, 1.82) is 5.26 Å². The Bertz CT molecular complexity index is 1950. The molecule has 0 aliphatic carbocycles. The number of rotatable bonds is 6. The minimum atomic E-state index is -1.04. The number of anilines is 2. The van der Waals surface area contributed by atoms with Gasteiger partial charge in [-0.1, -0.05) is 35.9 Å². The number of hydrogen-bond donors (Lipinski definition) is 2. The molecule has 0 bridgehead atoms. The van der Waals surface area contributed by atoms with E-state index < -0.39 is 29.1 Å². The van der Waals surface area contributed by atoms with Gasteiger partial charge >= 0.3 is 6.03 Å². The van der Waals surface area contributed by atoms with E-state index in [0.717, 1.165) is 4.42 Å². The Labute approximate surface area is 304 Å². The van der Waals surface area contributed by atoms with E-state index in [1.54, 1.807) is 6.07 Å². The van der Waals surface area contributed by atoms with E-state index in [0.29, 0.717) is 28.1 Å². The van der Waals surface area contributed by atoms with Crippen molar-refractivity contribution in [1.82, 2.24) is 18.8 Å². The zero-order chi connectivity index (χ0) is 38.6. The van der Waals surface area contributed by atoms with Gasteiger partial charge in [0, 0.05) is 43.3 Å². The number of imide groups is 1. The van der Waals surface area contributed by atoms with Crippen LogP contribution in [-0.4, -0.2) is 48.9 Å².